The summed E-state index contributed by atoms with van der Waals surface area (Å²) in [6.45, 7) is 3.67. The van der Waals surface area contributed by atoms with Crippen LogP contribution in [0.5, 0.6) is 0 Å². The number of hydrogen-bond donors (Lipinski definition) is 0. The highest BCUT2D eigenvalue weighted by atomic mass is 16.6. The molecule has 128 valence electrons. The summed E-state index contributed by atoms with van der Waals surface area (Å²) in [6.07, 6.45) is 4.55. The summed E-state index contributed by atoms with van der Waals surface area (Å²) < 4.78 is 10.5. The van der Waals surface area contributed by atoms with Crippen molar-refractivity contribution < 1.29 is 19.1 Å². The summed E-state index contributed by atoms with van der Waals surface area (Å²) in [7, 11) is 1.26. The van der Waals surface area contributed by atoms with Crippen LogP contribution in [0.1, 0.15) is 17.5 Å². The van der Waals surface area contributed by atoms with Crippen LogP contribution in [-0.4, -0.2) is 19.0 Å². The predicted octanol–water partition coefficient (Wildman–Crippen LogP) is 3.89. The van der Waals surface area contributed by atoms with Gasteiger partial charge in [-0.3, -0.25) is 0 Å². The molecule has 4 heteroatoms. The summed E-state index contributed by atoms with van der Waals surface area (Å²) in [5.41, 5.74) is -0.176. The van der Waals surface area contributed by atoms with Gasteiger partial charge >= 0.3 is 11.9 Å². The van der Waals surface area contributed by atoms with E-state index in [1.54, 1.807) is 30.3 Å². The molecule has 0 aromatic heterocycles. The van der Waals surface area contributed by atoms with E-state index in [0.29, 0.717) is 5.56 Å². The van der Waals surface area contributed by atoms with Gasteiger partial charge < -0.3 is 9.47 Å². The van der Waals surface area contributed by atoms with Crippen molar-refractivity contribution in [1.29, 1.82) is 0 Å². The van der Waals surface area contributed by atoms with Gasteiger partial charge in [-0.05, 0) is 11.6 Å². The number of rotatable bonds is 7. The van der Waals surface area contributed by atoms with Gasteiger partial charge in [0.1, 0.15) is 0 Å². The van der Waals surface area contributed by atoms with Gasteiger partial charge in [0, 0.05) is 18.1 Å². The second-order valence-corrected chi connectivity index (χ2v) is 5.34. The number of carbonyl (C=O) groups is 2. The van der Waals surface area contributed by atoms with Crippen LogP contribution < -0.4 is 0 Å². The van der Waals surface area contributed by atoms with E-state index in [-0.39, 0.29) is 6.42 Å². The summed E-state index contributed by atoms with van der Waals surface area (Å²) in [6, 6.07) is 18.1. The molecule has 2 rings (SSSR count). The summed E-state index contributed by atoms with van der Waals surface area (Å²) in [5.74, 6) is -1.29. The molecule has 0 N–H and O–H groups in total. The summed E-state index contributed by atoms with van der Waals surface area (Å²) in [5, 5.41) is 0. The molecule has 1 unspecified atom stereocenters. The van der Waals surface area contributed by atoms with Crippen molar-refractivity contribution in [2.75, 3.05) is 7.11 Å². The molecule has 4 nitrogen and oxygen atoms in total. The molecule has 1 atom stereocenters. The fourth-order valence-electron chi connectivity index (χ4n) is 2.47. The Bertz CT molecular complexity index is 750. The van der Waals surface area contributed by atoms with E-state index >= 15 is 0 Å². The van der Waals surface area contributed by atoms with Crippen LogP contribution in [-0.2, 0) is 24.7 Å². The highest BCUT2D eigenvalue weighted by molar-refractivity contribution is 5.91. The fraction of sp³-hybridized carbons (Fsp3) is 0.143. The van der Waals surface area contributed by atoms with Gasteiger partial charge in [0.15, 0.2) is 0 Å². The van der Waals surface area contributed by atoms with Gasteiger partial charge in [0.25, 0.3) is 0 Å². The number of hydrogen-bond acceptors (Lipinski definition) is 4. The van der Waals surface area contributed by atoms with E-state index in [4.69, 9.17) is 9.47 Å². The van der Waals surface area contributed by atoms with Gasteiger partial charge in [-0.2, -0.15) is 0 Å². The van der Waals surface area contributed by atoms with Gasteiger partial charge in [0.05, 0.1) is 7.11 Å². The third kappa shape index (κ3) is 4.44. The third-order valence-electron chi connectivity index (χ3n) is 3.67. The zero-order valence-corrected chi connectivity index (χ0v) is 14.1. The molecule has 2 aromatic rings. The Morgan fingerprint density at radius 2 is 1.64 bits per heavy atom. The molecule has 0 aliphatic carbocycles. The van der Waals surface area contributed by atoms with Gasteiger partial charge in [-0.1, -0.05) is 66.7 Å². The summed E-state index contributed by atoms with van der Waals surface area (Å²) in [4.78, 5) is 24.8. The first-order chi connectivity index (χ1) is 12.1. The van der Waals surface area contributed by atoms with Crippen LogP contribution in [0.15, 0.2) is 79.4 Å². The van der Waals surface area contributed by atoms with Crippen molar-refractivity contribution in [3.05, 3.63) is 90.5 Å². The van der Waals surface area contributed by atoms with Crippen LogP contribution in [0, 0.1) is 0 Å². The van der Waals surface area contributed by atoms with Gasteiger partial charge in [0.2, 0.25) is 5.60 Å². The molecule has 0 heterocycles. The number of carbonyl (C=O) groups excluding carboxylic acids is 2. The van der Waals surface area contributed by atoms with Crippen molar-refractivity contribution in [1.82, 2.24) is 0 Å². The smallest absolute Gasteiger partial charge is 0.355 e. The molecule has 0 aliphatic rings. The minimum atomic E-state index is -1.56. The number of esters is 2. The topological polar surface area (TPSA) is 52.6 Å². The molecule has 0 aliphatic heterocycles. The van der Waals surface area contributed by atoms with Crippen molar-refractivity contribution >= 4 is 18.0 Å². The molecule has 2 aromatic carbocycles. The van der Waals surface area contributed by atoms with Crippen LogP contribution in [0.4, 0.5) is 0 Å². The van der Waals surface area contributed by atoms with E-state index in [9.17, 15) is 9.59 Å². The summed E-state index contributed by atoms with van der Waals surface area (Å²) >= 11 is 0. The predicted molar refractivity (Wildman–Crippen MR) is 96.5 cm³/mol. The second-order valence-electron chi connectivity index (χ2n) is 5.34. The first kappa shape index (κ1) is 18.2. The second kappa shape index (κ2) is 8.64. The van der Waals surface area contributed by atoms with Crippen molar-refractivity contribution in [2.45, 2.75) is 12.0 Å². The standard InChI is InChI=1S/C21H20O4/c1-3-16-21(20(23)24-2,18-12-8-5-9-13-18)25-19(22)15-14-17-10-6-4-7-11-17/h3-15H,1,16H2,2H3/b15-14+. The van der Waals surface area contributed by atoms with Crippen LogP contribution >= 0.6 is 0 Å². The lowest BCUT2D eigenvalue weighted by atomic mass is 9.90. The van der Waals surface area contributed by atoms with E-state index in [1.807, 2.05) is 36.4 Å². The maximum atomic E-state index is 12.5. The zero-order valence-electron chi connectivity index (χ0n) is 14.1. The SMILES string of the molecule is C=CCC(OC(=O)/C=C/c1ccccc1)(C(=O)OC)c1ccccc1. The molecule has 0 fully saturated rings. The molecule has 0 bridgehead atoms. The first-order valence-corrected chi connectivity index (χ1v) is 7.83. The molecule has 0 saturated heterocycles. The molecule has 0 amide bonds. The Balaban J connectivity index is 2.32. The largest absolute Gasteiger partial charge is 0.466 e. The highest BCUT2D eigenvalue weighted by Crippen LogP contribution is 2.32. The average molecular weight is 336 g/mol. The molecule has 0 radical (unpaired) electrons. The van der Waals surface area contributed by atoms with E-state index < -0.39 is 17.5 Å². The molecular weight excluding hydrogens is 316 g/mol. The van der Waals surface area contributed by atoms with Crippen LogP contribution in [0.3, 0.4) is 0 Å². The Kier molecular flexibility index (Phi) is 6.29. The zero-order chi connectivity index (χ0) is 18.1. The lowest BCUT2D eigenvalue weighted by Crippen LogP contribution is -2.41. The molecular formula is C21H20O4. The molecule has 0 saturated carbocycles. The van der Waals surface area contributed by atoms with Crippen molar-refractivity contribution in [2.24, 2.45) is 0 Å². The lowest BCUT2D eigenvalue weighted by molar-refractivity contribution is -0.179. The quantitative estimate of drug-likeness (QED) is 0.437. The first-order valence-electron chi connectivity index (χ1n) is 7.83. The van der Waals surface area contributed by atoms with Crippen molar-refractivity contribution in [3.8, 4) is 0 Å². The monoisotopic (exact) mass is 336 g/mol. The Morgan fingerprint density at radius 3 is 2.20 bits per heavy atom. The van der Waals surface area contributed by atoms with E-state index in [1.165, 1.54) is 19.3 Å². The van der Waals surface area contributed by atoms with Crippen LogP contribution in [0.2, 0.25) is 0 Å². The Morgan fingerprint density at radius 1 is 1.04 bits per heavy atom. The molecule has 25 heavy (non-hydrogen) atoms. The van der Waals surface area contributed by atoms with Crippen molar-refractivity contribution in [3.63, 3.8) is 0 Å². The third-order valence-corrected chi connectivity index (χ3v) is 3.67. The highest BCUT2D eigenvalue weighted by Gasteiger charge is 2.44. The lowest BCUT2D eigenvalue weighted by Gasteiger charge is -2.29. The van der Waals surface area contributed by atoms with Gasteiger partial charge in [-0.15, -0.1) is 6.58 Å². The molecule has 0 spiro atoms. The normalized spacial score (nSPS) is 13.0. The van der Waals surface area contributed by atoms with E-state index in [0.717, 1.165) is 5.56 Å². The fourth-order valence-corrected chi connectivity index (χ4v) is 2.47. The number of ether oxygens (including phenoxy) is 2. The maximum absolute atomic E-state index is 12.5. The number of benzene rings is 2. The number of methoxy groups -OCH3 is 1. The maximum Gasteiger partial charge on any atom is 0.355 e. The minimum absolute atomic E-state index is 0.106. The Labute approximate surface area is 147 Å². The Hall–Kier alpha value is -3.14. The van der Waals surface area contributed by atoms with Gasteiger partial charge in [-0.25, -0.2) is 9.59 Å². The average Bonchev–Trinajstić information content (AvgIpc) is 2.67. The minimum Gasteiger partial charge on any atom is -0.466 e. The van der Waals surface area contributed by atoms with Crippen LogP contribution in [0.25, 0.3) is 6.08 Å². The van der Waals surface area contributed by atoms with E-state index in [2.05, 4.69) is 6.58 Å².